The average Bonchev–Trinajstić information content (AvgIpc) is 2.84. The number of rotatable bonds is 6. The molecule has 0 saturated heterocycles. The summed E-state index contributed by atoms with van der Waals surface area (Å²) in [6, 6.07) is 19.1. The van der Waals surface area contributed by atoms with Crippen molar-refractivity contribution in [3.05, 3.63) is 88.5 Å². The average molecular weight is 512 g/mol. The van der Waals surface area contributed by atoms with Gasteiger partial charge in [0.25, 0.3) is 0 Å². The number of hydrogen-bond donors (Lipinski definition) is 3. The van der Waals surface area contributed by atoms with Crippen LogP contribution in [0.3, 0.4) is 0 Å². The molecule has 200 valence electrons. The van der Waals surface area contributed by atoms with Crippen LogP contribution < -0.4 is 5.32 Å². The molecule has 1 atom stereocenters. The summed E-state index contributed by atoms with van der Waals surface area (Å²) in [4.78, 5) is 11.1. The first-order valence-corrected chi connectivity index (χ1v) is 13.2. The van der Waals surface area contributed by atoms with Crippen LogP contribution in [-0.4, -0.2) is 22.7 Å². The van der Waals surface area contributed by atoms with E-state index in [1.54, 1.807) is 12.1 Å². The molecular formula is C34H41NO3. The van der Waals surface area contributed by atoms with Crippen LogP contribution in [0.4, 0.5) is 5.69 Å². The summed E-state index contributed by atoms with van der Waals surface area (Å²) in [5.74, 6) is 5.45. The Labute approximate surface area is 228 Å². The van der Waals surface area contributed by atoms with Crippen LogP contribution in [0, 0.1) is 17.8 Å². The van der Waals surface area contributed by atoms with Crippen molar-refractivity contribution < 1.29 is 15.0 Å². The summed E-state index contributed by atoms with van der Waals surface area (Å²) >= 11 is 0. The SMILES string of the molecule is CC(C)CNc1c(-c2ccc(C(C)(C)C)cc2)cc(C(O)C#Cc2ccc(C(=O)O)cc2)cc1C(C)(C)C. The smallest absolute Gasteiger partial charge is 0.335 e. The summed E-state index contributed by atoms with van der Waals surface area (Å²) in [5.41, 5.74) is 7.08. The van der Waals surface area contributed by atoms with Crippen molar-refractivity contribution in [1.29, 1.82) is 0 Å². The van der Waals surface area contributed by atoms with Crippen LogP contribution in [-0.2, 0) is 10.8 Å². The minimum absolute atomic E-state index is 0.0596. The Morgan fingerprint density at radius 2 is 1.50 bits per heavy atom. The van der Waals surface area contributed by atoms with Gasteiger partial charge in [0.2, 0.25) is 0 Å². The molecule has 3 aromatic rings. The van der Waals surface area contributed by atoms with Gasteiger partial charge < -0.3 is 15.5 Å². The predicted molar refractivity (Wildman–Crippen MR) is 158 cm³/mol. The molecule has 0 aliphatic rings. The fourth-order valence-electron chi connectivity index (χ4n) is 4.22. The minimum atomic E-state index is -0.998. The maximum Gasteiger partial charge on any atom is 0.335 e. The van der Waals surface area contributed by atoms with Crippen molar-refractivity contribution in [2.75, 3.05) is 11.9 Å². The molecule has 0 saturated carbocycles. The highest BCUT2D eigenvalue weighted by molar-refractivity contribution is 5.87. The molecule has 0 aliphatic heterocycles. The lowest BCUT2D eigenvalue weighted by Crippen LogP contribution is -2.19. The Balaban J connectivity index is 2.13. The second kappa shape index (κ2) is 11.5. The van der Waals surface area contributed by atoms with Crippen molar-refractivity contribution in [2.45, 2.75) is 72.3 Å². The fourth-order valence-corrected chi connectivity index (χ4v) is 4.22. The Bertz CT molecular complexity index is 1330. The Kier molecular flexibility index (Phi) is 8.75. The molecule has 0 heterocycles. The highest BCUT2D eigenvalue weighted by Gasteiger charge is 2.24. The lowest BCUT2D eigenvalue weighted by molar-refractivity contribution is 0.0697. The monoisotopic (exact) mass is 511 g/mol. The number of nitrogens with one attached hydrogen (secondary N) is 1. The zero-order valence-electron chi connectivity index (χ0n) is 23.9. The van der Waals surface area contributed by atoms with Gasteiger partial charge in [-0.05, 0) is 75.4 Å². The van der Waals surface area contributed by atoms with E-state index in [0.717, 1.165) is 34.5 Å². The van der Waals surface area contributed by atoms with Gasteiger partial charge in [-0.2, -0.15) is 0 Å². The molecular weight excluding hydrogens is 470 g/mol. The largest absolute Gasteiger partial charge is 0.478 e. The zero-order valence-corrected chi connectivity index (χ0v) is 23.9. The zero-order chi connectivity index (χ0) is 28.3. The number of carbonyl (C=O) groups is 1. The molecule has 4 heteroatoms. The van der Waals surface area contributed by atoms with Gasteiger partial charge in [-0.3, -0.25) is 0 Å². The standard InChI is InChI=1S/C34H41NO3/c1-22(2)21-35-31-28(24-14-16-27(17-15-24)33(3,4)5)19-26(20-29(31)34(6,7)8)30(36)18-11-23-9-12-25(13-10-23)32(37)38/h9-10,12-17,19-20,22,30,35-36H,21H2,1-8H3,(H,37,38). The number of aliphatic hydroxyl groups is 1. The van der Waals surface area contributed by atoms with E-state index < -0.39 is 12.1 Å². The third-order valence-corrected chi connectivity index (χ3v) is 6.52. The number of carboxylic acids is 1. The number of anilines is 1. The topological polar surface area (TPSA) is 69.6 Å². The molecule has 0 aromatic heterocycles. The maximum atomic E-state index is 11.2. The van der Waals surface area contributed by atoms with Gasteiger partial charge >= 0.3 is 5.97 Å². The summed E-state index contributed by atoms with van der Waals surface area (Å²) in [6.45, 7) is 18.4. The van der Waals surface area contributed by atoms with Gasteiger partial charge in [0, 0.05) is 23.4 Å². The molecule has 3 aromatic carbocycles. The van der Waals surface area contributed by atoms with E-state index in [1.165, 1.54) is 17.7 Å². The van der Waals surface area contributed by atoms with Crippen molar-refractivity contribution in [2.24, 2.45) is 5.92 Å². The first kappa shape index (κ1) is 29.0. The highest BCUT2D eigenvalue weighted by atomic mass is 16.4. The maximum absolute atomic E-state index is 11.2. The first-order chi connectivity index (χ1) is 17.7. The Morgan fingerprint density at radius 3 is 2.00 bits per heavy atom. The van der Waals surface area contributed by atoms with E-state index in [1.807, 2.05) is 6.07 Å². The molecule has 0 fully saturated rings. The highest BCUT2D eigenvalue weighted by Crippen LogP contribution is 2.40. The lowest BCUT2D eigenvalue weighted by atomic mass is 9.81. The van der Waals surface area contributed by atoms with Gasteiger partial charge in [0.15, 0.2) is 0 Å². The van der Waals surface area contributed by atoms with Crippen LogP contribution in [0.25, 0.3) is 11.1 Å². The molecule has 3 N–H and O–H groups in total. The van der Waals surface area contributed by atoms with Crippen molar-refractivity contribution >= 4 is 11.7 Å². The van der Waals surface area contributed by atoms with E-state index in [9.17, 15) is 9.90 Å². The van der Waals surface area contributed by atoms with Gasteiger partial charge in [-0.1, -0.05) is 91.5 Å². The fraction of sp³-hybridized carbons (Fsp3) is 0.382. The van der Waals surface area contributed by atoms with Gasteiger partial charge in [-0.25, -0.2) is 4.79 Å². The van der Waals surface area contributed by atoms with Crippen LogP contribution in [0.15, 0.2) is 60.7 Å². The van der Waals surface area contributed by atoms with E-state index >= 15 is 0 Å². The van der Waals surface area contributed by atoms with Crippen molar-refractivity contribution in [3.63, 3.8) is 0 Å². The Hall–Kier alpha value is -3.55. The summed E-state index contributed by atoms with van der Waals surface area (Å²) in [6.07, 6.45) is -0.998. The van der Waals surface area contributed by atoms with Crippen LogP contribution in [0.2, 0.25) is 0 Å². The van der Waals surface area contributed by atoms with E-state index in [0.29, 0.717) is 11.5 Å². The van der Waals surface area contributed by atoms with E-state index in [2.05, 4.69) is 103 Å². The van der Waals surface area contributed by atoms with Gasteiger partial charge in [0.1, 0.15) is 6.10 Å². The molecule has 3 rings (SSSR count). The first-order valence-electron chi connectivity index (χ1n) is 13.2. The van der Waals surface area contributed by atoms with Crippen molar-refractivity contribution in [1.82, 2.24) is 0 Å². The van der Waals surface area contributed by atoms with Crippen molar-refractivity contribution in [3.8, 4) is 23.0 Å². The second-order valence-corrected chi connectivity index (χ2v) is 12.4. The van der Waals surface area contributed by atoms with Crippen LogP contribution >= 0.6 is 0 Å². The summed E-state index contributed by atoms with van der Waals surface area (Å²) < 4.78 is 0. The van der Waals surface area contributed by atoms with Gasteiger partial charge in [0.05, 0.1) is 5.56 Å². The van der Waals surface area contributed by atoms with E-state index in [-0.39, 0.29) is 16.4 Å². The molecule has 0 amide bonds. The molecule has 4 nitrogen and oxygen atoms in total. The molecule has 38 heavy (non-hydrogen) atoms. The number of carboxylic acid groups (broad SMARTS) is 1. The number of benzene rings is 3. The third-order valence-electron chi connectivity index (χ3n) is 6.52. The quantitative estimate of drug-likeness (QED) is 0.295. The second-order valence-electron chi connectivity index (χ2n) is 12.4. The molecule has 0 radical (unpaired) electrons. The number of aromatic carboxylic acids is 1. The number of hydrogen-bond acceptors (Lipinski definition) is 3. The van der Waals surface area contributed by atoms with E-state index in [4.69, 9.17) is 5.11 Å². The normalized spacial score (nSPS) is 12.6. The molecule has 1 unspecified atom stereocenters. The van der Waals surface area contributed by atoms with Crippen LogP contribution in [0.1, 0.15) is 94.1 Å². The molecule has 0 bridgehead atoms. The molecule has 0 aliphatic carbocycles. The lowest BCUT2D eigenvalue weighted by Gasteiger charge is -2.28. The third kappa shape index (κ3) is 7.27. The minimum Gasteiger partial charge on any atom is -0.478 e. The number of aliphatic hydroxyl groups excluding tert-OH is 1. The molecule has 0 spiro atoms. The van der Waals surface area contributed by atoms with Crippen LogP contribution in [0.5, 0.6) is 0 Å². The predicted octanol–water partition coefficient (Wildman–Crippen LogP) is 7.80. The Morgan fingerprint density at radius 1 is 0.895 bits per heavy atom. The summed E-state index contributed by atoms with van der Waals surface area (Å²) in [5, 5.41) is 24.0. The van der Waals surface area contributed by atoms with Gasteiger partial charge in [-0.15, -0.1) is 0 Å². The summed E-state index contributed by atoms with van der Waals surface area (Å²) in [7, 11) is 0.